The Morgan fingerprint density at radius 1 is 1.00 bits per heavy atom. The second kappa shape index (κ2) is 9.80. The van der Waals surface area contributed by atoms with Crippen molar-refractivity contribution in [2.45, 2.75) is 47.5 Å². The van der Waals surface area contributed by atoms with Crippen molar-refractivity contribution in [1.82, 2.24) is 4.57 Å². The Bertz CT molecular complexity index is 1170. The van der Waals surface area contributed by atoms with Crippen LogP contribution in [0.25, 0.3) is 33.1 Å². The number of rotatable bonds is 2. The average molecular weight is 481 g/mol. The van der Waals surface area contributed by atoms with Gasteiger partial charge in [-0.2, -0.15) is 0 Å². The Morgan fingerprint density at radius 3 is 2.37 bits per heavy atom. The summed E-state index contributed by atoms with van der Waals surface area (Å²) < 4.78 is 3.56. The molecule has 0 bridgehead atoms. The molecule has 3 heteroatoms. The van der Waals surface area contributed by atoms with Crippen LogP contribution in [0.2, 0.25) is 0 Å². The molecule has 5 rings (SSSR count). The molecule has 0 N–H and O–H groups in total. The molecule has 1 aliphatic rings. The normalized spacial score (nSPS) is 11.5. The van der Waals surface area contributed by atoms with Gasteiger partial charge in [-0.15, -0.1) is 11.3 Å². The predicted molar refractivity (Wildman–Crippen MR) is 139 cm³/mol. The SMILES string of the molecule is C=Cc1c(C)sc2c1CCc1c-2c2ccc(Br)cc2n1-c1ccccc1.CC.CC. The Morgan fingerprint density at radius 2 is 1.70 bits per heavy atom. The van der Waals surface area contributed by atoms with Gasteiger partial charge in [-0.05, 0) is 55.2 Å². The summed E-state index contributed by atoms with van der Waals surface area (Å²) in [5, 5.41) is 1.34. The van der Waals surface area contributed by atoms with Gasteiger partial charge >= 0.3 is 0 Å². The van der Waals surface area contributed by atoms with Gasteiger partial charge in [0.05, 0.1) is 5.52 Å². The summed E-state index contributed by atoms with van der Waals surface area (Å²) in [4.78, 5) is 2.80. The van der Waals surface area contributed by atoms with Crippen molar-refractivity contribution in [2.24, 2.45) is 0 Å². The summed E-state index contributed by atoms with van der Waals surface area (Å²) in [6.45, 7) is 14.3. The molecular formula is C27H30BrNS. The summed E-state index contributed by atoms with van der Waals surface area (Å²) in [5.74, 6) is 0. The van der Waals surface area contributed by atoms with Gasteiger partial charge in [-0.3, -0.25) is 0 Å². The second-order valence-electron chi connectivity index (χ2n) is 6.74. The van der Waals surface area contributed by atoms with Crippen LogP contribution in [0.5, 0.6) is 0 Å². The number of para-hydroxylation sites is 1. The molecule has 0 saturated heterocycles. The smallest absolute Gasteiger partial charge is 0.0549 e. The Balaban J connectivity index is 0.000000606. The maximum absolute atomic E-state index is 4.05. The van der Waals surface area contributed by atoms with E-state index in [2.05, 4.69) is 82.5 Å². The van der Waals surface area contributed by atoms with Crippen LogP contribution in [0.15, 0.2) is 59.6 Å². The van der Waals surface area contributed by atoms with Gasteiger partial charge in [0.25, 0.3) is 0 Å². The third-order valence-corrected chi connectivity index (χ3v) is 6.99. The molecule has 2 aromatic carbocycles. The molecule has 0 radical (unpaired) electrons. The Labute approximate surface area is 193 Å². The Hall–Kier alpha value is -2.10. The topological polar surface area (TPSA) is 4.93 Å². The molecule has 2 aromatic heterocycles. The molecule has 156 valence electrons. The van der Waals surface area contributed by atoms with E-state index in [-0.39, 0.29) is 0 Å². The van der Waals surface area contributed by atoms with E-state index in [1.54, 1.807) is 0 Å². The first kappa shape index (κ1) is 22.6. The van der Waals surface area contributed by atoms with E-state index < -0.39 is 0 Å². The number of hydrogen-bond donors (Lipinski definition) is 0. The van der Waals surface area contributed by atoms with Crippen LogP contribution < -0.4 is 0 Å². The van der Waals surface area contributed by atoms with Gasteiger partial charge in [-0.25, -0.2) is 0 Å². The molecule has 2 heterocycles. The summed E-state index contributed by atoms with van der Waals surface area (Å²) in [6, 6.07) is 17.4. The van der Waals surface area contributed by atoms with Crippen LogP contribution in [0.4, 0.5) is 0 Å². The number of aromatic nitrogens is 1. The van der Waals surface area contributed by atoms with Crippen molar-refractivity contribution in [3.63, 3.8) is 0 Å². The zero-order chi connectivity index (χ0) is 21.8. The van der Waals surface area contributed by atoms with Gasteiger partial charge in [-0.1, -0.05) is 80.5 Å². The number of hydrogen-bond acceptors (Lipinski definition) is 1. The number of thiophene rings is 1. The molecule has 1 nitrogen and oxygen atoms in total. The first-order valence-electron chi connectivity index (χ1n) is 10.8. The summed E-state index contributed by atoms with van der Waals surface area (Å²) in [7, 11) is 0. The monoisotopic (exact) mass is 479 g/mol. The van der Waals surface area contributed by atoms with Gasteiger partial charge in [0.15, 0.2) is 0 Å². The van der Waals surface area contributed by atoms with Crippen molar-refractivity contribution in [2.75, 3.05) is 0 Å². The van der Waals surface area contributed by atoms with Crippen molar-refractivity contribution >= 4 is 44.2 Å². The third-order valence-electron chi connectivity index (χ3n) is 5.32. The largest absolute Gasteiger partial charge is 0.313 e. The van der Waals surface area contributed by atoms with E-state index in [1.807, 2.05) is 45.1 Å². The van der Waals surface area contributed by atoms with Gasteiger partial charge in [0, 0.05) is 36.6 Å². The van der Waals surface area contributed by atoms with Crippen LogP contribution >= 0.6 is 27.3 Å². The number of nitrogens with zero attached hydrogens (tertiary/aromatic N) is 1. The van der Waals surface area contributed by atoms with Crippen molar-refractivity contribution in [3.05, 3.63) is 81.3 Å². The van der Waals surface area contributed by atoms with Crippen molar-refractivity contribution < 1.29 is 0 Å². The van der Waals surface area contributed by atoms with E-state index in [0.29, 0.717) is 0 Å². The van der Waals surface area contributed by atoms with E-state index in [0.717, 1.165) is 17.3 Å². The van der Waals surface area contributed by atoms with E-state index in [1.165, 1.54) is 48.7 Å². The standard InChI is InChI=1S/C23H18BrNS.2C2H6/c1-3-17-14(2)26-23-18(17)11-12-20-22(23)19-10-9-15(24)13-21(19)25(20)16-7-5-4-6-8-16;2*1-2/h3-10,13H,1,11-12H2,2H3;2*1-2H3. The first-order chi connectivity index (χ1) is 14.7. The minimum Gasteiger partial charge on any atom is -0.313 e. The molecule has 30 heavy (non-hydrogen) atoms. The van der Waals surface area contributed by atoms with Crippen molar-refractivity contribution in [1.29, 1.82) is 0 Å². The predicted octanol–water partition coefficient (Wildman–Crippen LogP) is 9.22. The lowest BCUT2D eigenvalue weighted by Gasteiger charge is -2.17. The lowest BCUT2D eigenvalue weighted by Crippen LogP contribution is -2.07. The van der Waals surface area contributed by atoms with Crippen LogP contribution in [-0.4, -0.2) is 4.57 Å². The van der Waals surface area contributed by atoms with Crippen LogP contribution in [0.1, 0.15) is 49.4 Å². The van der Waals surface area contributed by atoms with Crippen LogP contribution in [0, 0.1) is 6.92 Å². The summed E-state index contributed by atoms with van der Waals surface area (Å²) in [6.07, 6.45) is 4.17. The minimum atomic E-state index is 1.06. The first-order valence-corrected chi connectivity index (χ1v) is 12.4. The number of aryl methyl sites for hydroxylation is 1. The number of halogens is 1. The van der Waals surface area contributed by atoms with Crippen molar-refractivity contribution in [3.8, 4) is 16.1 Å². The molecule has 0 atom stereocenters. The van der Waals surface area contributed by atoms with Crippen LogP contribution in [-0.2, 0) is 12.8 Å². The quantitative estimate of drug-likeness (QED) is 0.269. The molecule has 0 saturated carbocycles. The summed E-state index contributed by atoms with van der Waals surface area (Å²) >= 11 is 5.58. The highest BCUT2D eigenvalue weighted by molar-refractivity contribution is 9.10. The zero-order valence-corrected chi connectivity index (χ0v) is 21.0. The maximum atomic E-state index is 4.05. The Kier molecular flexibility index (Phi) is 7.38. The maximum Gasteiger partial charge on any atom is 0.0549 e. The lowest BCUT2D eigenvalue weighted by molar-refractivity contribution is 0.868. The lowest BCUT2D eigenvalue weighted by atomic mass is 9.92. The van der Waals surface area contributed by atoms with E-state index in [4.69, 9.17) is 0 Å². The number of benzene rings is 2. The highest BCUT2D eigenvalue weighted by atomic mass is 79.9. The average Bonchev–Trinajstić information content (AvgIpc) is 3.30. The van der Waals surface area contributed by atoms with Gasteiger partial charge in [0.2, 0.25) is 0 Å². The fourth-order valence-electron chi connectivity index (χ4n) is 4.24. The number of fused-ring (bicyclic) bond motifs is 5. The fourth-order valence-corrected chi connectivity index (χ4v) is 5.88. The third kappa shape index (κ3) is 3.70. The molecule has 1 aliphatic carbocycles. The highest BCUT2D eigenvalue weighted by Crippen LogP contribution is 2.48. The second-order valence-corrected chi connectivity index (χ2v) is 8.88. The highest BCUT2D eigenvalue weighted by Gasteiger charge is 2.28. The molecular weight excluding hydrogens is 450 g/mol. The minimum absolute atomic E-state index is 1.06. The molecule has 4 aromatic rings. The van der Waals surface area contributed by atoms with E-state index >= 15 is 0 Å². The van der Waals surface area contributed by atoms with E-state index in [9.17, 15) is 0 Å². The molecule has 0 amide bonds. The molecule has 0 aliphatic heterocycles. The van der Waals surface area contributed by atoms with Gasteiger partial charge < -0.3 is 4.57 Å². The fraction of sp³-hybridized carbons (Fsp3) is 0.259. The van der Waals surface area contributed by atoms with Gasteiger partial charge in [0.1, 0.15) is 0 Å². The molecule has 0 unspecified atom stereocenters. The molecule has 0 fully saturated rings. The van der Waals surface area contributed by atoms with Crippen LogP contribution in [0.3, 0.4) is 0 Å². The zero-order valence-electron chi connectivity index (χ0n) is 18.6. The molecule has 0 spiro atoms. The summed E-state index contributed by atoms with van der Waals surface area (Å²) in [5.41, 5.74) is 8.16.